The van der Waals surface area contributed by atoms with Crippen molar-refractivity contribution in [2.45, 2.75) is 20.3 Å². The molecule has 0 radical (unpaired) electrons. The molecule has 0 aliphatic rings. The number of amides is 2. The Balaban J connectivity index is 1.47. The normalized spacial score (nSPS) is 10.6. The zero-order valence-corrected chi connectivity index (χ0v) is 19.5. The largest absolute Gasteiger partial charge is 0.494 e. The van der Waals surface area contributed by atoms with Crippen molar-refractivity contribution in [3.8, 4) is 5.75 Å². The number of fused-ring (bicyclic) bond motifs is 1. The summed E-state index contributed by atoms with van der Waals surface area (Å²) in [6.45, 7) is 5.20. The maximum atomic E-state index is 13.3. The summed E-state index contributed by atoms with van der Waals surface area (Å²) >= 11 is 0. The number of carbonyl (C=O) groups excluding carboxylic acids is 2. The third kappa shape index (κ3) is 5.09. The number of ether oxygens (including phenoxy) is 1. The van der Waals surface area contributed by atoms with Crippen molar-refractivity contribution in [3.63, 3.8) is 0 Å². The zero-order chi connectivity index (χ0) is 23.9. The highest BCUT2D eigenvalue weighted by atomic mass is 16.5. The lowest BCUT2D eigenvalue weighted by Crippen LogP contribution is -2.30. The van der Waals surface area contributed by atoms with Crippen molar-refractivity contribution in [1.29, 1.82) is 0 Å². The molecule has 4 aromatic rings. The monoisotopic (exact) mass is 452 g/mol. The second-order valence-electron chi connectivity index (χ2n) is 7.95. The van der Waals surface area contributed by atoms with Gasteiger partial charge in [0.15, 0.2) is 0 Å². The predicted octanol–water partition coefficient (Wildman–Crippen LogP) is 6.55. The van der Waals surface area contributed by atoms with Gasteiger partial charge in [-0.25, -0.2) is 0 Å². The molecule has 2 amide bonds. The number of benzene rings is 4. The summed E-state index contributed by atoms with van der Waals surface area (Å²) in [6, 6.07) is 28.1. The minimum atomic E-state index is -0.216. The van der Waals surface area contributed by atoms with Gasteiger partial charge < -0.3 is 15.0 Å². The lowest BCUT2D eigenvalue weighted by molar-refractivity contribution is 0.0987. The molecule has 5 nitrogen and oxygen atoms in total. The van der Waals surface area contributed by atoms with E-state index in [1.54, 1.807) is 53.4 Å². The summed E-state index contributed by atoms with van der Waals surface area (Å²) < 4.78 is 5.56. The number of carbonyl (C=O) groups is 2. The van der Waals surface area contributed by atoms with E-state index < -0.39 is 0 Å². The van der Waals surface area contributed by atoms with E-state index in [0.717, 1.165) is 28.6 Å². The van der Waals surface area contributed by atoms with E-state index in [1.165, 1.54) is 0 Å². The van der Waals surface area contributed by atoms with Crippen molar-refractivity contribution < 1.29 is 14.3 Å². The lowest BCUT2D eigenvalue weighted by Gasteiger charge is -2.23. The van der Waals surface area contributed by atoms with Gasteiger partial charge in [-0.05, 0) is 73.3 Å². The highest BCUT2D eigenvalue weighted by molar-refractivity contribution is 6.11. The summed E-state index contributed by atoms with van der Waals surface area (Å²) in [5.74, 6) is 0.444. The molecular formula is C29H28N2O3. The minimum Gasteiger partial charge on any atom is -0.494 e. The Morgan fingerprint density at radius 3 is 2.18 bits per heavy atom. The van der Waals surface area contributed by atoms with Crippen molar-refractivity contribution in [1.82, 2.24) is 0 Å². The van der Waals surface area contributed by atoms with E-state index >= 15 is 0 Å². The van der Waals surface area contributed by atoms with Crippen LogP contribution in [0.4, 0.5) is 11.4 Å². The van der Waals surface area contributed by atoms with Crippen LogP contribution in [0.1, 0.15) is 41.0 Å². The SMILES string of the molecule is CCCOc1ccc(C(=O)Nc2ccc(C(=O)N(CC)c3cccc4ccccc34)cc2)cc1. The topological polar surface area (TPSA) is 58.6 Å². The fourth-order valence-corrected chi connectivity index (χ4v) is 3.84. The Hall–Kier alpha value is -4.12. The van der Waals surface area contributed by atoms with Crippen LogP contribution in [-0.2, 0) is 0 Å². The Morgan fingerprint density at radius 1 is 0.794 bits per heavy atom. The van der Waals surface area contributed by atoms with Crippen molar-refractivity contribution in [2.75, 3.05) is 23.4 Å². The molecule has 0 unspecified atom stereocenters. The van der Waals surface area contributed by atoms with Gasteiger partial charge in [-0.3, -0.25) is 9.59 Å². The molecule has 1 N–H and O–H groups in total. The van der Waals surface area contributed by atoms with Crippen LogP contribution >= 0.6 is 0 Å². The molecule has 34 heavy (non-hydrogen) atoms. The van der Waals surface area contributed by atoms with Crippen LogP contribution in [0.5, 0.6) is 5.75 Å². The number of nitrogens with zero attached hydrogens (tertiary/aromatic N) is 1. The van der Waals surface area contributed by atoms with Crippen LogP contribution in [0.25, 0.3) is 10.8 Å². The second kappa shape index (κ2) is 10.7. The van der Waals surface area contributed by atoms with Crippen LogP contribution in [-0.4, -0.2) is 25.0 Å². The third-order valence-electron chi connectivity index (χ3n) is 5.60. The molecule has 0 heterocycles. The molecule has 0 atom stereocenters. The van der Waals surface area contributed by atoms with Crippen LogP contribution in [0, 0.1) is 0 Å². The van der Waals surface area contributed by atoms with Gasteiger partial charge in [0, 0.05) is 28.7 Å². The van der Waals surface area contributed by atoms with Crippen LogP contribution in [0.2, 0.25) is 0 Å². The van der Waals surface area contributed by atoms with Crippen molar-refractivity contribution in [3.05, 3.63) is 102 Å². The Labute approximate surface area is 200 Å². The fourth-order valence-electron chi connectivity index (χ4n) is 3.84. The zero-order valence-electron chi connectivity index (χ0n) is 19.5. The van der Waals surface area contributed by atoms with Gasteiger partial charge in [0.1, 0.15) is 5.75 Å². The first-order valence-corrected chi connectivity index (χ1v) is 11.5. The molecule has 172 valence electrons. The molecule has 4 aromatic carbocycles. The van der Waals surface area contributed by atoms with E-state index in [9.17, 15) is 9.59 Å². The van der Waals surface area contributed by atoms with Gasteiger partial charge in [0.2, 0.25) is 0 Å². The van der Waals surface area contributed by atoms with E-state index in [0.29, 0.717) is 30.0 Å². The van der Waals surface area contributed by atoms with E-state index in [-0.39, 0.29) is 11.8 Å². The van der Waals surface area contributed by atoms with Crippen molar-refractivity contribution in [2.24, 2.45) is 0 Å². The van der Waals surface area contributed by atoms with Gasteiger partial charge in [0.05, 0.1) is 12.3 Å². The number of anilines is 2. The quantitative estimate of drug-likeness (QED) is 0.330. The molecule has 0 aromatic heterocycles. The summed E-state index contributed by atoms with van der Waals surface area (Å²) in [5.41, 5.74) is 2.61. The average Bonchev–Trinajstić information content (AvgIpc) is 2.88. The summed E-state index contributed by atoms with van der Waals surface area (Å²) in [7, 11) is 0. The molecule has 4 rings (SSSR count). The lowest BCUT2D eigenvalue weighted by atomic mass is 10.1. The van der Waals surface area contributed by atoms with Gasteiger partial charge in [-0.15, -0.1) is 0 Å². The van der Waals surface area contributed by atoms with Gasteiger partial charge in [-0.1, -0.05) is 43.3 Å². The fraction of sp³-hybridized carbons (Fsp3) is 0.172. The smallest absolute Gasteiger partial charge is 0.258 e. The summed E-state index contributed by atoms with van der Waals surface area (Å²) in [4.78, 5) is 27.7. The molecule has 0 fully saturated rings. The molecule has 5 heteroatoms. The van der Waals surface area contributed by atoms with Crippen LogP contribution in [0.3, 0.4) is 0 Å². The molecule has 0 aliphatic carbocycles. The molecule has 0 bridgehead atoms. The number of hydrogen-bond acceptors (Lipinski definition) is 3. The van der Waals surface area contributed by atoms with Crippen LogP contribution < -0.4 is 15.0 Å². The highest BCUT2D eigenvalue weighted by Gasteiger charge is 2.18. The second-order valence-corrected chi connectivity index (χ2v) is 7.95. The number of hydrogen-bond donors (Lipinski definition) is 1. The maximum Gasteiger partial charge on any atom is 0.258 e. The van der Waals surface area contributed by atoms with E-state index in [1.807, 2.05) is 56.3 Å². The maximum absolute atomic E-state index is 13.3. The molecule has 0 aliphatic heterocycles. The van der Waals surface area contributed by atoms with E-state index in [4.69, 9.17) is 4.74 Å². The predicted molar refractivity (Wildman–Crippen MR) is 138 cm³/mol. The molecule has 0 saturated carbocycles. The highest BCUT2D eigenvalue weighted by Crippen LogP contribution is 2.28. The molecule has 0 saturated heterocycles. The standard InChI is InChI=1S/C29H28N2O3/c1-3-20-34-25-18-14-22(15-19-25)28(32)30-24-16-12-23(13-17-24)29(33)31(4-2)27-11-7-9-21-8-5-6-10-26(21)27/h5-19H,3-4,20H2,1-2H3,(H,30,32). The Kier molecular flexibility index (Phi) is 7.23. The molecular weight excluding hydrogens is 424 g/mol. The van der Waals surface area contributed by atoms with Gasteiger partial charge in [-0.2, -0.15) is 0 Å². The van der Waals surface area contributed by atoms with Gasteiger partial charge >= 0.3 is 0 Å². The number of nitrogens with one attached hydrogen (secondary N) is 1. The number of rotatable bonds is 8. The van der Waals surface area contributed by atoms with Crippen LogP contribution in [0.15, 0.2) is 91.0 Å². The minimum absolute atomic E-state index is 0.0839. The first kappa shape index (κ1) is 23.1. The van der Waals surface area contributed by atoms with Crippen molar-refractivity contribution >= 4 is 34.0 Å². The molecule has 0 spiro atoms. The first-order chi connectivity index (χ1) is 16.6. The van der Waals surface area contributed by atoms with Gasteiger partial charge in [0.25, 0.3) is 11.8 Å². The summed E-state index contributed by atoms with van der Waals surface area (Å²) in [6.07, 6.45) is 0.929. The van der Waals surface area contributed by atoms with E-state index in [2.05, 4.69) is 5.32 Å². The third-order valence-corrected chi connectivity index (χ3v) is 5.60. The Bertz CT molecular complexity index is 1280. The first-order valence-electron chi connectivity index (χ1n) is 11.5. The summed E-state index contributed by atoms with van der Waals surface area (Å²) in [5, 5.41) is 5.01. The average molecular weight is 453 g/mol. The Morgan fingerprint density at radius 2 is 1.47 bits per heavy atom.